The van der Waals surface area contributed by atoms with Gasteiger partial charge in [-0.2, -0.15) is 0 Å². The lowest BCUT2D eigenvalue weighted by Crippen LogP contribution is -2.03. The van der Waals surface area contributed by atoms with Crippen LogP contribution in [0.2, 0.25) is 0 Å². The van der Waals surface area contributed by atoms with Crippen LogP contribution >= 0.6 is 11.9 Å². The largest absolute Gasteiger partial charge is 0.474 e. The third kappa shape index (κ3) is 1.05. The van der Waals surface area contributed by atoms with Gasteiger partial charge in [0.25, 0.3) is 0 Å². The summed E-state index contributed by atoms with van der Waals surface area (Å²) in [7, 11) is 0. The third-order valence-electron chi connectivity index (χ3n) is 1.21. The second kappa shape index (κ2) is 1.99. The van der Waals surface area contributed by atoms with Crippen molar-refractivity contribution in [2.75, 3.05) is 12.5 Å². The lowest BCUT2D eigenvalue weighted by molar-refractivity contribution is 0.200. The monoisotopic (exact) mass is 141 g/mol. The Morgan fingerprint density at radius 3 is 3.11 bits per heavy atom. The molecule has 2 rings (SSSR count). The molecule has 48 valence electrons. The Morgan fingerprint density at radius 1 is 1.67 bits per heavy atom. The standard InChI is InChI=1S/C6H7NOS/c1-2-4-8-6(3-1)7-5-9-7/h1-3H,4-5H2. The minimum absolute atomic E-state index is 0.725. The summed E-state index contributed by atoms with van der Waals surface area (Å²) >= 11 is 1.78. The summed E-state index contributed by atoms with van der Waals surface area (Å²) in [5.41, 5.74) is 0. The van der Waals surface area contributed by atoms with Crippen molar-refractivity contribution in [3.63, 3.8) is 0 Å². The number of allylic oxidation sites excluding steroid dienone is 2. The molecule has 0 unspecified atom stereocenters. The fourth-order valence-electron chi connectivity index (χ4n) is 0.699. The van der Waals surface area contributed by atoms with Crippen LogP contribution in [0.4, 0.5) is 0 Å². The van der Waals surface area contributed by atoms with Gasteiger partial charge < -0.3 is 4.74 Å². The van der Waals surface area contributed by atoms with Crippen molar-refractivity contribution in [2.24, 2.45) is 0 Å². The first kappa shape index (κ1) is 5.23. The Balaban J connectivity index is 2.07. The first-order chi connectivity index (χ1) is 4.47. The van der Waals surface area contributed by atoms with E-state index in [1.165, 1.54) is 0 Å². The van der Waals surface area contributed by atoms with Gasteiger partial charge in [-0.3, -0.25) is 4.31 Å². The normalized spacial score (nSPS) is 23.1. The van der Waals surface area contributed by atoms with Gasteiger partial charge in [0, 0.05) is 0 Å². The molecular formula is C6H7NOS. The highest BCUT2D eigenvalue weighted by Crippen LogP contribution is 2.34. The van der Waals surface area contributed by atoms with Gasteiger partial charge in [0.05, 0.1) is 5.88 Å². The topological polar surface area (TPSA) is 12.2 Å². The van der Waals surface area contributed by atoms with Crippen molar-refractivity contribution in [2.45, 2.75) is 0 Å². The molecule has 0 aromatic rings. The molecule has 1 fully saturated rings. The van der Waals surface area contributed by atoms with Gasteiger partial charge in [-0.15, -0.1) is 0 Å². The van der Waals surface area contributed by atoms with E-state index in [9.17, 15) is 0 Å². The van der Waals surface area contributed by atoms with Crippen molar-refractivity contribution in [1.82, 2.24) is 4.31 Å². The number of hydrogen-bond acceptors (Lipinski definition) is 3. The molecule has 3 heteroatoms. The molecule has 2 nitrogen and oxygen atoms in total. The van der Waals surface area contributed by atoms with Gasteiger partial charge >= 0.3 is 0 Å². The average molecular weight is 141 g/mol. The first-order valence-corrected chi connectivity index (χ1v) is 3.81. The van der Waals surface area contributed by atoms with Gasteiger partial charge in [0.15, 0.2) is 0 Å². The van der Waals surface area contributed by atoms with Gasteiger partial charge in [-0.25, -0.2) is 0 Å². The van der Waals surface area contributed by atoms with E-state index in [1.54, 1.807) is 11.9 Å². The molecule has 0 N–H and O–H groups in total. The number of ether oxygens (including phenoxy) is 1. The number of nitrogens with zero attached hydrogens (tertiary/aromatic N) is 1. The Morgan fingerprint density at radius 2 is 2.56 bits per heavy atom. The maximum atomic E-state index is 5.28. The third-order valence-corrected chi connectivity index (χ3v) is 1.90. The molecule has 9 heavy (non-hydrogen) atoms. The Kier molecular flexibility index (Phi) is 1.16. The molecule has 0 amide bonds. The van der Waals surface area contributed by atoms with Crippen molar-refractivity contribution in [3.05, 3.63) is 24.1 Å². The van der Waals surface area contributed by atoms with E-state index in [-0.39, 0.29) is 0 Å². The summed E-state index contributed by atoms with van der Waals surface area (Å²) in [5, 5.41) is 0. The van der Waals surface area contributed by atoms with Crippen molar-refractivity contribution in [3.8, 4) is 0 Å². The van der Waals surface area contributed by atoms with Crippen LogP contribution in [-0.4, -0.2) is 16.8 Å². The molecule has 2 heterocycles. The fourth-order valence-corrected chi connectivity index (χ4v) is 1.12. The molecule has 0 aromatic carbocycles. The number of hydrogen-bond donors (Lipinski definition) is 0. The predicted octanol–water partition coefficient (Wildman–Crippen LogP) is 1.34. The minimum Gasteiger partial charge on any atom is -0.474 e. The molecule has 0 atom stereocenters. The van der Waals surface area contributed by atoms with E-state index in [1.807, 2.05) is 18.2 Å². The zero-order valence-electron chi connectivity index (χ0n) is 4.91. The van der Waals surface area contributed by atoms with E-state index in [4.69, 9.17) is 4.74 Å². The van der Waals surface area contributed by atoms with Crippen LogP contribution in [0.25, 0.3) is 0 Å². The summed E-state index contributed by atoms with van der Waals surface area (Å²) in [4.78, 5) is 0. The molecule has 0 spiro atoms. The Bertz CT molecular complexity index is 172. The van der Waals surface area contributed by atoms with E-state index in [2.05, 4.69) is 4.31 Å². The van der Waals surface area contributed by atoms with Gasteiger partial charge in [0.1, 0.15) is 6.61 Å². The van der Waals surface area contributed by atoms with Gasteiger partial charge in [-0.1, -0.05) is 6.08 Å². The molecule has 2 aliphatic heterocycles. The number of rotatable bonds is 1. The average Bonchev–Trinajstić information content (AvgIpc) is 2.71. The van der Waals surface area contributed by atoms with Crippen LogP contribution in [-0.2, 0) is 4.74 Å². The molecule has 0 aromatic heterocycles. The zero-order valence-corrected chi connectivity index (χ0v) is 5.73. The molecule has 0 bridgehead atoms. The highest BCUT2D eigenvalue weighted by Gasteiger charge is 2.23. The van der Waals surface area contributed by atoms with Crippen LogP contribution < -0.4 is 0 Å². The van der Waals surface area contributed by atoms with Crippen molar-refractivity contribution in [1.29, 1.82) is 0 Å². The molecular weight excluding hydrogens is 134 g/mol. The Labute approximate surface area is 58.3 Å². The molecule has 0 aliphatic carbocycles. The second-order valence-corrected chi connectivity index (χ2v) is 2.84. The smallest absolute Gasteiger partial charge is 0.200 e. The van der Waals surface area contributed by atoms with Gasteiger partial charge in [-0.05, 0) is 24.1 Å². The molecule has 0 radical (unpaired) electrons. The summed E-state index contributed by atoms with van der Waals surface area (Å²) in [5.74, 6) is 2.09. The summed E-state index contributed by atoms with van der Waals surface area (Å²) in [6.45, 7) is 0.725. The maximum Gasteiger partial charge on any atom is 0.200 e. The molecule has 0 saturated carbocycles. The molecule has 1 saturated heterocycles. The van der Waals surface area contributed by atoms with Crippen molar-refractivity contribution < 1.29 is 4.74 Å². The van der Waals surface area contributed by atoms with Crippen LogP contribution in [0.3, 0.4) is 0 Å². The lowest BCUT2D eigenvalue weighted by Gasteiger charge is -2.09. The highest BCUT2D eigenvalue weighted by molar-refractivity contribution is 8.03. The van der Waals surface area contributed by atoms with E-state index >= 15 is 0 Å². The Hall–Kier alpha value is -0.570. The quantitative estimate of drug-likeness (QED) is 0.404. The van der Waals surface area contributed by atoms with Crippen LogP contribution in [0.1, 0.15) is 0 Å². The maximum absolute atomic E-state index is 5.28. The SMILES string of the molecule is C1=CCOC(N2CS2)=C1. The lowest BCUT2D eigenvalue weighted by atomic mass is 10.4. The van der Waals surface area contributed by atoms with E-state index in [0.717, 1.165) is 18.4 Å². The minimum atomic E-state index is 0.725. The summed E-state index contributed by atoms with van der Waals surface area (Å²) < 4.78 is 7.40. The first-order valence-electron chi connectivity index (χ1n) is 2.87. The van der Waals surface area contributed by atoms with E-state index < -0.39 is 0 Å². The summed E-state index contributed by atoms with van der Waals surface area (Å²) in [6.07, 6.45) is 6.01. The van der Waals surface area contributed by atoms with E-state index in [0.29, 0.717) is 0 Å². The zero-order chi connectivity index (χ0) is 6.10. The van der Waals surface area contributed by atoms with Crippen LogP contribution in [0.15, 0.2) is 24.1 Å². The fraction of sp³-hybridized carbons (Fsp3) is 0.333. The predicted molar refractivity (Wildman–Crippen MR) is 37.5 cm³/mol. The van der Waals surface area contributed by atoms with Crippen LogP contribution in [0, 0.1) is 0 Å². The van der Waals surface area contributed by atoms with Crippen molar-refractivity contribution >= 4 is 11.9 Å². The molecule has 2 aliphatic rings. The van der Waals surface area contributed by atoms with Gasteiger partial charge in [0.2, 0.25) is 5.88 Å². The second-order valence-electron chi connectivity index (χ2n) is 1.88. The summed E-state index contributed by atoms with van der Waals surface area (Å²) in [6, 6.07) is 0. The van der Waals surface area contributed by atoms with Crippen LogP contribution in [0.5, 0.6) is 0 Å². The highest BCUT2D eigenvalue weighted by atomic mass is 32.2.